The molecule has 1 atom stereocenters. The Morgan fingerprint density at radius 1 is 0.944 bits per heavy atom. The van der Waals surface area contributed by atoms with Gasteiger partial charge in [0.1, 0.15) is 0 Å². The van der Waals surface area contributed by atoms with Crippen LogP contribution in [0.5, 0.6) is 0 Å². The number of ether oxygens (including phenoxy) is 1. The van der Waals surface area contributed by atoms with E-state index in [0.29, 0.717) is 13.2 Å². The van der Waals surface area contributed by atoms with Crippen molar-refractivity contribution < 1.29 is 4.74 Å². The summed E-state index contributed by atoms with van der Waals surface area (Å²) in [5.74, 6) is 0.259. The molecule has 0 aliphatic heterocycles. The van der Waals surface area contributed by atoms with Crippen molar-refractivity contribution in [2.24, 2.45) is 0 Å². The van der Waals surface area contributed by atoms with E-state index in [-0.39, 0.29) is 5.92 Å². The molecule has 1 nitrogen and oxygen atoms in total. The summed E-state index contributed by atoms with van der Waals surface area (Å²) in [5.41, 5.74) is 2.45. The quantitative estimate of drug-likeness (QED) is 0.686. The second kappa shape index (κ2) is 6.77. The van der Waals surface area contributed by atoms with Gasteiger partial charge in [0.05, 0.1) is 13.2 Å². The fourth-order valence-corrected chi connectivity index (χ4v) is 1.88. The number of hydrogen-bond donors (Lipinski definition) is 0. The third-order valence-corrected chi connectivity index (χ3v) is 2.92. The predicted octanol–water partition coefficient (Wildman–Crippen LogP) is 4.17. The van der Waals surface area contributed by atoms with Crippen molar-refractivity contribution in [2.75, 3.05) is 6.61 Å². The smallest absolute Gasteiger partial charge is 0.0717 e. The zero-order valence-corrected chi connectivity index (χ0v) is 10.5. The van der Waals surface area contributed by atoms with Crippen LogP contribution in [0.2, 0.25) is 0 Å². The molecule has 2 rings (SSSR count). The summed E-state index contributed by atoms with van der Waals surface area (Å²) in [4.78, 5) is 0. The van der Waals surface area contributed by atoms with Gasteiger partial charge < -0.3 is 4.74 Å². The molecule has 18 heavy (non-hydrogen) atoms. The molecule has 0 amide bonds. The van der Waals surface area contributed by atoms with Gasteiger partial charge in [0.2, 0.25) is 0 Å². The van der Waals surface area contributed by atoms with Crippen LogP contribution in [-0.4, -0.2) is 6.61 Å². The molecular weight excluding hydrogens is 220 g/mol. The third kappa shape index (κ3) is 3.57. The lowest BCUT2D eigenvalue weighted by molar-refractivity contribution is 0.115. The highest BCUT2D eigenvalue weighted by molar-refractivity contribution is 5.23. The van der Waals surface area contributed by atoms with Crippen molar-refractivity contribution in [1.29, 1.82) is 0 Å². The summed E-state index contributed by atoms with van der Waals surface area (Å²) in [5, 5.41) is 0. The van der Waals surface area contributed by atoms with Gasteiger partial charge >= 0.3 is 0 Å². The fourth-order valence-electron chi connectivity index (χ4n) is 1.88. The van der Waals surface area contributed by atoms with E-state index in [4.69, 9.17) is 4.74 Å². The first kappa shape index (κ1) is 12.6. The minimum Gasteiger partial charge on any atom is -0.376 e. The van der Waals surface area contributed by atoms with Gasteiger partial charge in [-0.3, -0.25) is 0 Å². The van der Waals surface area contributed by atoms with E-state index in [2.05, 4.69) is 30.8 Å². The Hall–Kier alpha value is -1.86. The van der Waals surface area contributed by atoms with Gasteiger partial charge in [0.25, 0.3) is 0 Å². The second-order valence-corrected chi connectivity index (χ2v) is 4.25. The molecule has 1 heteroatoms. The molecular formula is C17H18O. The number of benzene rings is 2. The summed E-state index contributed by atoms with van der Waals surface area (Å²) in [6.07, 6.45) is 1.94. The molecule has 0 bridgehead atoms. The molecule has 92 valence electrons. The molecule has 0 aromatic heterocycles. The first-order valence-electron chi connectivity index (χ1n) is 6.19. The lowest BCUT2D eigenvalue weighted by atomic mass is 10.0. The Morgan fingerprint density at radius 3 is 2.17 bits per heavy atom. The first-order valence-corrected chi connectivity index (χ1v) is 6.19. The van der Waals surface area contributed by atoms with E-state index < -0.39 is 0 Å². The summed E-state index contributed by atoms with van der Waals surface area (Å²) in [6, 6.07) is 20.6. The minimum atomic E-state index is 0.259. The molecule has 0 radical (unpaired) electrons. The Kier molecular flexibility index (Phi) is 4.74. The Balaban J connectivity index is 1.87. The molecule has 1 unspecified atom stereocenters. The molecule has 2 aromatic rings. The summed E-state index contributed by atoms with van der Waals surface area (Å²) < 4.78 is 5.76. The van der Waals surface area contributed by atoms with E-state index in [1.165, 1.54) is 11.1 Å². The zero-order valence-electron chi connectivity index (χ0n) is 10.5. The van der Waals surface area contributed by atoms with Crippen molar-refractivity contribution in [1.82, 2.24) is 0 Å². The van der Waals surface area contributed by atoms with Crippen molar-refractivity contribution in [3.8, 4) is 0 Å². The van der Waals surface area contributed by atoms with E-state index in [9.17, 15) is 0 Å². The molecule has 0 fully saturated rings. The maximum absolute atomic E-state index is 5.76. The van der Waals surface area contributed by atoms with Gasteiger partial charge in [-0.1, -0.05) is 66.7 Å². The average molecular weight is 238 g/mol. The second-order valence-electron chi connectivity index (χ2n) is 4.25. The SMILES string of the molecule is C=CC(COCc1ccccc1)c1ccccc1. The van der Waals surface area contributed by atoms with Crippen LogP contribution in [-0.2, 0) is 11.3 Å². The highest BCUT2D eigenvalue weighted by Crippen LogP contribution is 2.17. The topological polar surface area (TPSA) is 9.23 Å². The van der Waals surface area contributed by atoms with Crippen molar-refractivity contribution >= 4 is 0 Å². The van der Waals surface area contributed by atoms with E-state index in [1.54, 1.807) is 0 Å². The maximum Gasteiger partial charge on any atom is 0.0717 e. The van der Waals surface area contributed by atoms with Crippen LogP contribution in [0.1, 0.15) is 17.0 Å². The molecule has 2 aromatic carbocycles. The van der Waals surface area contributed by atoms with Crippen LogP contribution >= 0.6 is 0 Å². The van der Waals surface area contributed by atoms with Crippen molar-refractivity contribution in [3.05, 3.63) is 84.4 Å². The van der Waals surface area contributed by atoms with Gasteiger partial charge in [0, 0.05) is 5.92 Å². The zero-order chi connectivity index (χ0) is 12.6. The molecule has 0 heterocycles. The van der Waals surface area contributed by atoms with Crippen molar-refractivity contribution in [3.63, 3.8) is 0 Å². The fraction of sp³-hybridized carbons (Fsp3) is 0.176. The van der Waals surface area contributed by atoms with E-state index in [0.717, 1.165) is 0 Å². The summed E-state index contributed by atoms with van der Waals surface area (Å²) in [7, 11) is 0. The Bertz CT molecular complexity index is 461. The van der Waals surface area contributed by atoms with Gasteiger partial charge in [-0.15, -0.1) is 6.58 Å². The van der Waals surface area contributed by atoms with Crippen LogP contribution in [0, 0.1) is 0 Å². The average Bonchev–Trinajstić information content (AvgIpc) is 2.46. The van der Waals surface area contributed by atoms with E-state index in [1.807, 2.05) is 42.5 Å². The minimum absolute atomic E-state index is 0.259. The first-order chi connectivity index (χ1) is 8.90. The predicted molar refractivity (Wildman–Crippen MR) is 75.5 cm³/mol. The lowest BCUT2D eigenvalue weighted by Crippen LogP contribution is -2.05. The van der Waals surface area contributed by atoms with Crippen LogP contribution in [0.15, 0.2) is 73.3 Å². The molecule has 0 saturated carbocycles. The number of rotatable bonds is 6. The van der Waals surface area contributed by atoms with Crippen LogP contribution in [0.3, 0.4) is 0 Å². The van der Waals surface area contributed by atoms with Crippen LogP contribution in [0.25, 0.3) is 0 Å². The highest BCUT2D eigenvalue weighted by Gasteiger charge is 2.06. The molecule has 0 spiro atoms. The van der Waals surface area contributed by atoms with Crippen LogP contribution in [0.4, 0.5) is 0 Å². The van der Waals surface area contributed by atoms with Gasteiger partial charge in [-0.05, 0) is 11.1 Å². The normalized spacial score (nSPS) is 12.0. The number of hydrogen-bond acceptors (Lipinski definition) is 1. The van der Waals surface area contributed by atoms with Crippen LogP contribution < -0.4 is 0 Å². The van der Waals surface area contributed by atoms with Gasteiger partial charge in [0.15, 0.2) is 0 Å². The highest BCUT2D eigenvalue weighted by atomic mass is 16.5. The van der Waals surface area contributed by atoms with Gasteiger partial charge in [-0.2, -0.15) is 0 Å². The summed E-state index contributed by atoms with van der Waals surface area (Å²) >= 11 is 0. The maximum atomic E-state index is 5.76. The molecule has 0 aliphatic carbocycles. The Labute approximate surface area is 109 Å². The standard InChI is InChI=1S/C17H18O/c1-2-16(17-11-7-4-8-12-17)14-18-13-15-9-5-3-6-10-15/h2-12,16H,1,13-14H2. The molecule has 0 saturated heterocycles. The monoisotopic (exact) mass is 238 g/mol. The Morgan fingerprint density at radius 2 is 1.56 bits per heavy atom. The lowest BCUT2D eigenvalue weighted by Gasteiger charge is -2.13. The summed E-state index contributed by atoms with van der Waals surface area (Å²) in [6.45, 7) is 5.20. The largest absolute Gasteiger partial charge is 0.376 e. The van der Waals surface area contributed by atoms with E-state index >= 15 is 0 Å². The van der Waals surface area contributed by atoms with Gasteiger partial charge in [-0.25, -0.2) is 0 Å². The molecule has 0 aliphatic rings. The van der Waals surface area contributed by atoms with Crippen molar-refractivity contribution in [2.45, 2.75) is 12.5 Å². The molecule has 0 N–H and O–H groups in total. The third-order valence-electron chi connectivity index (χ3n) is 2.92.